The van der Waals surface area contributed by atoms with Crippen molar-refractivity contribution in [3.05, 3.63) is 101 Å². The van der Waals surface area contributed by atoms with Crippen LogP contribution in [0.2, 0.25) is 0 Å². The van der Waals surface area contributed by atoms with Gasteiger partial charge in [-0.1, -0.05) is 42.5 Å². The van der Waals surface area contributed by atoms with E-state index in [0.717, 1.165) is 17.4 Å². The van der Waals surface area contributed by atoms with E-state index in [1.54, 1.807) is 12.1 Å². The second-order valence-corrected chi connectivity index (χ2v) is 7.70. The highest BCUT2D eigenvalue weighted by Gasteiger charge is 2.25. The maximum absolute atomic E-state index is 12.9. The SMILES string of the molecule is NC(=O)c1coc([C@H](Cc2ccc(O)cc2)NC(=O)c2coc([C@@H](N)Cc3ccccc3)n2)n1. The Labute approximate surface area is 194 Å². The number of amides is 2. The maximum atomic E-state index is 12.9. The van der Waals surface area contributed by atoms with Gasteiger partial charge in [0.2, 0.25) is 11.8 Å². The number of nitrogens with one attached hydrogen (secondary N) is 1. The molecule has 0 fully saturated rings. The van der Waals surface area contributed by atoms with Crippen LogP contribution in [0.4, 0.5) is 0 Å². The molecule has 6 N–H and O–H groups in total. The molecule has 2 amide bonds. The van der Waals surface area contributed by atoms with Gasteiger partial charge in [0.1, 0.15) is 24.3 Å². The summed E-state index contributed by atoms with van der Waals surface area (Å²) in [5.41, 5.74) is 13.2. The molecule has 0 bridgehead atoms. The minimum atomic E-state index is -0.752. The van der Waals surface area contributed by atoms with Crippen LogP contribution in [-0.2, 0) is 12.8 Å². The molecular formula is C24H23N5O5. The van der Waals surface area contributed by atoms with Gasteiger partial charge in [0.15, 0.2) is 11.4 Å². The fraction of sp³-hybridized carbons (Fsp3) is 0.167. The van der Waals surface area contributed by atoms with Crippen LogP contribution >= 0.6 is 0 Å². The number of carbonyl (C=O) groups excluding carboxylic acids is 2. The van der Waals surface area contributed by atoms with Crippen LogP contribution in [0.5, 0.6) is 5.75 Å². The first-order chi connectivity index (χ1) is 16.4. The van der Waals surface area contributed by atoms with E-state index in [9.17, 15) is 14.7 Å². The number of rotatable bonds is 9. The largest absolute Gasteiger partial charge is 0.508 e. The number of nitrogens with zero attached hydrogens (tertiary/aromatic N) is 2. The molecule has 10 heteroatoms. The lowest BCUT2D eigenvalue weighted by molar-refractivity contribution is 0.0924. The van der Waals surface area contributed by atoms with Gasteiger partial charge in [0, 0.05) is 6.42 Å². The summed E-state index contributed by atoms with van der Waals surface area (Å²) in [6.45, 7) is 0. The van der Waals surface area contributed by atoms with Crippen molar-refractivity contribution in [2.75, 3.05) is 0 Å². The first-order valence-electron chi connectivity index (χ1n) is 10.5. The molecule has 0 unspecified atom stereocenters. The topological polar surface area (TPSA) is 170 Å². The number of hydrogen-bond acceptors (Lipinski definition) is 8. The van der Waals surface area contributed by atoms with E-state index >= 15 is 0 Å². The van der Waals surface area contributed by atoms with Crippen molar-refractivity contribution in [1.29, 1.82) is 0 Å². The van der Waals surface area contributed by atoms with E-state index in [1.807, 2.05) is 30.3 Å². The number of phenolic OH excluding ortho intramolecular Hbond substituents is 1. The summed E-state index contributed by atoms with van der Waals surface area (Å²) in [5, 5.41) is 12.3. The Morgan fingerprint density at radius 3 is 2.18 bits per heavy atom. The second kappa shape index (κ2) is 10.0. The van der Waals surface area contributed by atoms with E-state index in [4.69, 9.17) is 20.3 Å². The Hall–Kier alpha value is -4.44. The fourth-order valence-corrected chi connectivity index (χ4v) is 3.38. The first-order valence-corrected chi connectivity index (χ1v) is 10.5. The minimum Gasteiger partial charge on any atom is -0.508 e. The van der Waals surface area contributed by atoms with Crippen LogP contribution in [0.15, 0.2) is 76.0 Å². The standard InChI is InChI=1S/C24H23N5O5/c25-17(10-14-4-2-1-3-5-14)23-29-20(13-33-23)22(32)27-18(11-15-6-8-16(30)9-7-15)24-28-19(12-34-24)21(26)31/h1-9,12-13,17-18,30H,10-11,25H2,(H2,26,31)(H,27,32)/t17-,18-/m0/s1. The average molecular weight is 461 g/mol. The smallest absolute Gasteiger partial charge is 0.273 e. The lowest BCUT2D eigenvalue weighted by atomic mass is 10.1. The Morgan fingerprint density at radius 2 is 1.50 bits per heavy atom. The Bertz CT molecular complexity index is 1270. The normalized spacial score (nSPS) is 12.7. The fourth-order valence-electron chi connectivity index (χ4n) is 3.38. The molecule has 10 nitrogen and oxygen atoms in total. The van der Waals surface area contributed by atoms with Crippen LogP contribution < -0.4 is 16.8 Å². The number of carbonyl (C=O) groups is 2. The highest BCUT2D eigenvalue weighted by molar-refractivity contribution is 5.92. The number of hydrogen-bond donors (Lipinski definition) is 4. The molecule has 34 heavy (non-hydrogen) atoms. The predicted octanol–water partition coefficient (Wildman–Crippen LogP) is 2.42. The lowest BCUT2D eigenvalue weighted by Gasteiger charge is -2.15. The molecule has 0 radical (unpaired) electrons. The van der Waals surface area contributed by atoms with Crippen molar-refractivity contribution in [2.24, 2.45) is 11.5 Å². The summed E-state index contributed by atoms with van der Waals surface area (Å²) < 4.78 is 10.8. The number of nitrogens with two attached hydrogens (primary N) is 2. The van der Waals surface area contributed by atoms with Gasteiger partial charge in [-0.05, 0) is 29.7 Å². The van der Waals surface area contributed by atoms with Crippen molar-refractivity contribution in [1.82, 2.24) is 15.3 Å². The van der Waals surface area contributed by atoms with Gasteiger partial charge in [-0.15, -0.1) is 0 Å². The summed E-state index contributed by atoms with van der Waals surface area (Å²) in [7, 11) is 0. The van der Waals surface area contributed by atoms with Crippen molar-refractivity contribution in [2.45, 2.75) is 24.9 Å². The zero-order chi connectivity index (χ0) is 24.1. The Kier molecular flexibility index (Phi) is 6.69. The molecule has 2 aromatic heterocycles. The molecule has 0 aliphatic carbocycles. The third-order valence-corrected chi connectivity index (χ3v) is 5.12. The van der Waals surface area contributed by atoms with E-state index in [0.29, 0.717) is 6.42 Å². The Balaban J connectivity index is 1.50. The first kappa shape index (κ1) is 22.7. The molecule has 0 saturated heterocycles. The van der Waals surface area contributed by atoms with Crippen LogP contribution in [0.25, 0.3) is 0 Å². The highest BCUT2D eigenvalue weighted by Crippen LogP contribution is 2.21. The van der Waals surface area contributed by atoms with Crippen molar-refractivity contribution < 1.29 is 23.5 Å². The quantitative estimate of drug-likeness (QED) is 0.294. The summed E-state index contributed by atoms with van der Waals surface area (Å²) in [6.07, 6.45) is 3.13. The van der Waals surface area contributed by atoms with Crippen LogP contribution in [0.3, 0.4) is 0 Å². The number of primary amides is 1. The number of oxazole rings is 2. The van der Waals surface area contributed by atoms with Gasteiger partial charge < -0.3 is 30.7 Å². The minimum absolute atomic E-state index is 0.0379. The monoisotopic (exact) mass is 461 g/mol. The van der Waals surface area contributed by atoms with Gasteiger partial charge in [0.05, 0.1) is 6.04 Å². The zero-order valence-electron chi connectivity index (χ0n) is 18.0. The molecule has 174 valence electrons. The molecule has 4 rings (SSSR count). The van der Waals surface area contributed by atoms with Crippen molar-refractivity contribution >= 4 is 11.8 Å². The van der Waals surface area contributed by atoms with Crippen molar-refractivity contribution in [3.63, 3.8) is 0 Å². The number of phenols is 1. The van der Waals surface area contributed by atoms with E-state index < -0.39 is 23.9 Å². The van der Waals surface area contributed by atoms with E-state index in [2.05, 4.69) is 15.3 Å². The molecule has 0 spiro atoms. The molecule has 0 aliphatic rings. The van der Waals surface area contributed by atoms with Crippen LogP contribution in [-0.4, -0.2) is 26.9 Å². The van der Waals surface area contributed by atoms with Gasteiger partial charge in [-0.25, -0.2) is 9.97 Å². The van der Waals surface area contributed by atoms with Gasteiger partial charge in [0.25, 0.3) is 11.8 Å². The maximum Gasteiger partial charge on any atom is 0.273 e. The van der Waals surface area contributed by atoms with Gasteiger partial charge in [-0.2, -0.15) is 0 Å². The average Bonchev–Trinajstić information content (AvgIpc) is 3.51. The van der Waals surface area contributed by atoms with Gasteiger partial charge >= 0.3 is 0 Å². The Morgan fingerprint density at radius 1 is 0.882 bits per heavy atom. The molecule has 2 heterocycles. The number of aromatic nitrogens is 2. The van der Waals surface area contributed by atoms with Crippen molar-refractivity contribution in [3.8, 4) is 5.75 Å². The molecule has 2 atom stereocenters. The zero-order valence-corrected chi connectivity index (χ0v) is 18.0. The number of benzene rings is 2. The summed E-state index contributed by atoms with van der Waals surface area (Å²) in [5.74, 6) is -0.850. The predicted molar refractivity (Wildman–Crippen MR) is 121 cm³/mol. The molecule has 2 aromatic carbocycles. The number of aromatic hydroxyl groups is 1. The van der Waals surface area contributed by atoms with Crippen LogP contribution in [0, 0.1) is 0 Å². The molecule has 4 aromatic rings. The van der Waals surface area contributed by atoms with Crippen LogP contribution in [0.1, 0.15) is 56.0 Å². The van der Waals surface area contributed by atoms with E-state index in [1.165, 1.54) is 18.4 Å². The lowest BCUT2D eigenvalue weighted by Crippen LogP contribution is -2.30. The third-order valence-electron chi connectivity index (χ3n) is 5.12. The summed E-state index contributed by atoms with van der Waals surface area (Å²) in [6, 6.07) is 14.8. The third kappa shape index (κ3) is 5.48. The van der Waals surface area contributed by atoms with E-state index in [-0.39, 0.29) is 35.3 Å². The molecule has 0 aliphatic heterocycles. The summed E-state index contributed by atoms with van der Waals surface area (Å²) >= 11 is 0. The molecular weight excluding hydrogens is 438 g/mol. The summed E-state index contributed by atoms with van der Waals surface area (Å²) in [4.78, 5) is 32.7. The molecule has 0 saturated carbocycles. The highest BCUT2D eigenvalue weighted by atomic mass is 16.3. The van der Waals surface area contributed by atoms with Gasteiger partial charge in [-0.3, -0.25) is 9.59 Å². The second-order valence-electron chi connectivity index (χ2n) is 7.70.